The van der Waals surface area contributed by atoms with Crippen LogP contribution >= 0.6 is 0 Å². The average molecular weight is 204 g/mol. The third-order valence-corrected chi connectivity index (χ3v) is 3.43. The van der Waals surface area contributed by atoms with Crippen molar-refractivity contribution in [3.8, 4) is 0 Å². The van der Waals surface area contributed by atoms with E-state index in [0.29, 0.717) is 5.20 Å². The molecule has 76 valence electrons. The van der Waals surface area contributed by atoms with Crippen LogP contribution in [0.3, 0.4) is 0 Å². The van der Waals surface area contributed by atoms with E-state index in [2.05, 4.69) is 0 Å². The van der Waals surface area contributed by atoms with Crippen LogP contribution in [0.4, 0.5) is 0 Å². The Morgan fingerprint density at radius 1 is 1.46 bits per heavy atom. The van der Waals surface area contributed by atoms with Gasteiger partial charge in [0.1, 0.15) is 0 Å². The Kier molecular flexibility index (Phi) is 6.48. The van der Waals surface area contributed by atoms with E-state index in [1.807, 2.05) is 6.92 Å². The summed E-state index contributed by atoms with van der Waals surface area (Å²) >= 11 is 0. The van der Waals surface area contributed by atoms with E-state index in [0.717, 1.165) is 12.8 Å². The van der Waals surface area contributed by atoms with Crippen LogP contribution in [0.2, 0.25) is 0 Å². The molecule has 0 aromatic heterocycles. The molecule has 5 heteroatoms. The predicted octanol–water partition coefficient (Wildman–Crippen LogP) is 0.850. The molecule has 0 unspecified atom stereocenters. The van der Waals surface area contributed by atoms with Crippen molar-refractivity contribution in [1.29, 1.82) is 0 Å². The van der Waals surface area contributed by atoms with Crippen LogP contribution in [0.5, 0.6) is 0 Å². The molecule has 0 aliphatic rings. The van der Waals surface area contributed by atoms with Gasteiger partial charge in [-0.05, 0) is 6.42 Å². The number of allylic oxidation sites excluding steroid dienone is 1. The molecule has 0 aliphatic carbocycles. The molecular weight excluding hydrogens is 188 g/mol. The molecule has 13 heavy (non-hydrogen) atoms. The largest absolute Gasteiger partial charge is 0.478 e. The zero-order chi connectivity index (χ0) is 10.3. The first-order valence-electron chi connectivity index (χ1n) is 4.16. The number of carboxylic acid groups (broad SMARTS) is 1. The molecule has 0 radical (unpaired) electrons. The monoisotopic (exact) mass is 204 g/mol. The lowest BCUT2D eigenvalue weighted by Crippen LogP contribution is -2.27. The highest BCUT2D eigenvalue weighted by Crippen LogP contribution is 2.05. The summed E-state index contributed by atoms with van der Waals surface area (Å²) in [6.45, 7) is 1.99. The van der Waals surface area contributed by atoms with Gasteiger partial charge in [-0.15, -0.1) is 0 Å². The summed E-state index contributed by atoms with van der Waals surface area (Å²) in [4.78, 5) is 10.8. The molecule has 0 rings (SSSR count). The minimum absolute atomic E-state index is 0.298. The van der Waals surface area contributed by atoms with Crippen molar-refractivity contribution in [1.82, 2.24) is 0 Å². The number of aliphatic carboxylic acids is 1. The van der Waals surface area contributed by atoms with Gasteiger partial charge in [0.2, 0.25) is 0 Å². The van der Waals surface area contributed by atoms with E-state index in [4.69, 9.17) is 14.0 Å². The molecular formula is C8H16O4Si. The van der Waals surface area contributed by atoms with Crippen molar-refractivity contribution in [2.45, 2.75) is 19.8 Å². The van der Waals surface area contributed by atoms with Gasteiger partial charge in [0.15, 0.2) is 0 Å². The second-order valence-corrected chi connectivity index (χ2v) is 4.79. The fraction of sp³-hybridized carbons (Fsp3) is 0.625. The minimum Gasteiger partial charge on any atom is -0.478 e. The third-order valence-electron chi connectivity index (χ3n) is 1.58. The predicted molar refractivity (Wildman–Crippen MR) is 51.8 cm³/mol. The fourth-order valence-corrected chi connectivity index (χ4v) is 2.20. The first-order chi connectivity index (χ1) is 6.17. The van der Waals surface area contributed by atoms with Gasteiger partial charge in [0, 0.05) is 14.2 Å². The Bertz CT molecular complexity index is 187. The Balaban J connectivity index is 4.47. The van der Waals surface area contributed by atoms with Crippen LogP contribution < -0.4 is 0 Å². The Labute approximate surface area is 80.0 Å². The van der Waals surface area contributed by atoms with Gasteiger partial charge in [0.05, 0.1) is 5.20 Å². The average Bonchev–Trinajstić information content (AvgIpc) is 2.11. The van der Waals surface area contributed by atoms with Crippen molar-refractivity contribution in [3.63, 3.8) is 0 Å². The van der Waals surface area contributed by atoms with Gasteiger partial charge in [0.25, 0.3) is 0 Å². The second-order valence-electron chi connectivity index (χ2n) is 2.56. The molecule has 0 saturated carbocycles. The quantitative estimate of drug-likeness (QED) is 0.515. The number of carbonyl (C=O) groups is 1. The van der Waals surface area contributed by atoms with E-state index in [1.54, 1.807) is 6.08 Å². The topological polar surface area (TPSA) is 55.8 Å². The summed E-state index contributed by atoms with van der Waals surface area (Å²) in [7, 11) is 0.816. The molecule has 0 heterocycles. The van der Waals surface area contributed by atoms with Crippen molar-refractivity contribution < 1.29 is 18.8 Å². The van der Waals surface area contributed by atoms with Gasteiger partial charge in [-0.1, -0.05) is 19.4 Å². The van der Waals surface area contributed by atoms with Crippen molar-refractivity contribution in [3.05, 3.63) is 11.3 Å². The number of hydrogen-bond donors (Lipinski definition) is 1. The van der Waals surface area contributed by atoms with Crippen molar-refractivity contribution in [2.75, 3.05) is 14.2 Å². The summed E-state index contributed by atoms with van der Waals surface area (Å²) in [6.07, 6.45) is 3.36. The summed E-state index contributed by atoms with van der Waals surface area (Å²) < 4.78 is 9.98. The van der Waals surface area contributed by atoms with E-state index >= 15 is 0 Å². The van der Waals surface area contributed by atoms with Crippen molar-refractivity contribution >= 4 is 15.3 Å². The molecule has 1 N–H and O–H groups in total. The molecule has 0 atom stereocenters. The lowest BCUT2D eigenvalue weighted by Gasteiger charge is -2.11. The molecule has 0 aliphatic heterocycles. The van der Waals surface area contributed by atoms with Gasteiger partial charge in [-0.2, -0.15) is 0 Å². The van der Waals surface area contributed by atoms with E-state index in [1.165, 1.54) is 14.2 Å². The molecule has 0 aromatic rings. The standard InChI is InChI=1S/C8H16O4Si/c1-4-5-6-7(8(9)10)13(11-2)12-3/h6,13H,4-5H2,1-3H3,(H,9,10)/b7-6+. The summed E-state index contributed by atoms with van der Waals surface area (Å²) in [5.41, 5.74) is 0. The second kappa shape index (κ2) is 6.82. The molecule has 0 amide bonds. The maximum absolute atomic E-state index is 10.8. The van der Waals surface area contributed by atoms with E-state index < -0.39 is 15.3 Å². The normalized spacial score (nSPS) is 12.2. The van der Waals surface area contributed by atoms with E-state index in [-0.39, 0.29) is 0 Å². The van der Waals surface area contributed by atoms with Gasteiger partial charge < -0.3 is 14.0 Å². The number of hydrogen-bond acceptors (Lipinski definition) is 3. The number of carboxylic acids is 1. The summed E-state index contributed by atoms with van der Waals surface area (Å²) in [5.74, 6) is -0.936. The molecule has 0 aromatic carbocycles. The zero-order valence-electron chi connectivity index (χ0n) is 8.24. The minimum atomic E-state index is -2.13. The number of rotatable bonds is 6. The van der Waals surface area contributed by atoms with Gasteiger partial charge >= 0.3 is 15.3 Å². The fourth-order valence-electron chi connectivity index (χ4n) is 0.934. The zero-order valence-corrected chi connectivity index (χ0v) is 9.40. The van der Waals surface area contributed by atoms with Gasteiger partial charge in [-0.3, -0.25) is 0 Å². The smallest absolute Gasteiger partial charge is 0.362 e. The highest BCUT2D eigenvalue weighted by atomic mass is 28.3. The van der Waals surface area contributed by atoms with E-state index in [9.17, 15) is 4.79 Å². The van der Waals surface area contributed by atoms with Crippen LogP contribution in [0.15, 0.2) is 11.3 Å². The lowest BCUT2D eigenvalue weighted by molar-refractivity contribution is -0.132. The maximum Gasteiger partial charge on any atom is 0.362 e. The number of unbranched alkanes of at least 4 members (excludes halogenated alkanes) is 1. The molecule has 0 saturated heterocycles. The maximum atomic E-state index is 10.8. The van der Waals surface area contributed by atoms with Crippen LogP contribution in [-0.2, 0) is 13.6 Å². The highest BCUT2D eigenvalue weighted by Gasteiger charge is 2.22. The van der Waals surface area contributed by atoms with Crippen LogP contribution in [-0.4, -0.2) is 34.6 Å². The van der Waals surface area contributed by atoms with Crippen LogP contribution in [0, 0.1) is 0 Å². The Hall–Kier alpha value is -0.653. The molecule has 0 fully saturated rings. The first-order valence-corrected chi connectivity index (χ1v) is 5.68. The highest BCUT2D eigenvalue weighted by molar-refractivity contribution is 6.60. The molecule has 0 bridgehead atoms. The lowest BCUT2D eigenvalue weighted by atomic mass is 10.3. The Morgan fingerprint density at radius 2 is 2.00 bits per heavy atom. The molecule has 4 nitrogen and oxygen atoms in total. The Morgan fingerprint density at radius 3 is 2.31 bits per heavy atom. The first kappa shape index (κ1) is 12.3. The third kappa shape index (κ3) is 4.21. The molecule has 0 spiro atoms. The SMILES string of the molecule is CCC/C=C(\C(=O)O)[SiH](OC)OC. The van der Waals surface area contributed by atoms with Crippen molar-refractivity contribution in [2.24, 2.45) is 0 Å². The van der Waals surface area contributed by atoms with Crippen LogP contribution in [0.25, 0.3) is 0 Å². The van der Waals surface area contributed by atoms with Crippen LogP contribution in [0.1, 0.15) is 19.8 Å². The summed E-state index contributed by atoms with van der Waals surface area (Å²) in [5, 5.41) is 9.14. The summed E-state index contributed by atoms with van der Waals surface area (Å²) in [6, 6.07) is 0. The van der Waals surface area contributed by atoms with Gasteiger partial charge in [-0.25, -0.2) is 4.79 Å².